The predicted octanol–water partition coefficient (Wildman–Crippen LogP) is 5.07. The van der Waals surface area contributed by atoms with Crippen LogP contribution in [0.1, 0.15) is 40.0 Å². The fourth-order valence-electron chi connectivity index (χ4n) is 6.09. The summed E-state index contributed by atoms with van der Waals surface area (Å²) in [4.78, 5) is 36.8. The quantitative estimate of drug-likeness (QED) is 0.518. The molecular weight excluding hydrogens is 497 g/mol. The Kier molecular flexibility index (Phi) is 5.75. The number of rotatable bonds is 4. The molecule has 0 bridgehead atoms. The summed E-state index contributed by atoms with van der Waals surface area (Å²) in [6.45, 7) is 5.53. The third-order valence-corrected chi connectivity index (χ3v) is 7.97. The summed E-state index contributed by atoms with van der Waals surface area (Å²) in [5.41, 5.74) is 2.59. The first-order valence-electron chi connectivity index (χ1n) is 12.5. The minimum Gasteiger partial charge on any atom is -0.381 e. The van der Waals surface area contributed by atoms with Gasteiger partial charge in [-0.15, -0.1) is 0 Å². The highest BCUT2D eigenvalue weighted by molar-refractivity contribution is 6.04. The number of alkyl halides is 3. The number of amides is 2. The Bertz CT molecular complexity index is 1460. The first-order chi connectivity index (χ1) is 18.2. The fourth-order valence-corrected chi connectivity index (χ4v) is 6.09. The van der Waals surface area contributed by atoms with Crippen molar-refractivity contribution in [1.82, 2.24) is 9.97 Å². The predicted molar refractivity (Wildman–Crippen MR) is 134 cm³/mol. The molecule has 1 saturated heterocycles. The van der Waals surface area contributed by atoms with Crippen molar-refractivity contribution in [3.63, 3.8) is 0 Å². The molecule has 7 nitrogen and oxygen atoms in total. The van der Waals surface area contributed by atoms with Gasteiger partial charge in [-0.3, -0.25) is 19.5 Å². The molecule has 2 aliphatic heterocycles. The molecule has 2 amide bonds. The first-order valence-corrected chi connectivity index (χ1v) is 12.5. The van der Waals surface area contributed by atoms with Crippen molar-refractivity contribution in [3.8, 4) is 11.1 Å². The Morgan fingerprint density at radius 1 is 1.11 bits per heavy atom. The Hall–Kier alpha value is -3.79. The van der Waals surface area contributed by atoms with Gasteiger partial charge >= 0.3 is 6.18 Å². The standard InChI is InChI=1S/C28H25F3N4O3/c1-3-35-25-20(23-21-12-38-13-22(21)24(23)27(35)37)8-16(10-33-25)19-9-18(11-32-14(19)2)34-26(36)15-5-4-6-17(7-15)28(29,30)31/h4-11,21-24H,3,12-13H2,1-2H3,(H,34,36)/t21-,22+,23+,24-/m1/s1. The summed E-state index contributed by atoms with van der Waals surface area (Å²) >= 11 is 0. The van der Waals surface area contributed by atoms with Crippen molar-refractivity contribution in [2.24, 2.45) is 17.8 Å². The second-order valence-corrected chi connectivity index (χ2v) is 10.0. The molecule has 38 heavy (non-hydrogen) atoms. The SMILES string of the molecule is CCN1C(=O)[C@@H]2[C@H]3COC[C@H]3[C@@H]2c2cc(-c3cc(NC(=O)c4cccc(C(F)(F)F)c4)cnc3C)cnc21. The third kappa shape index (κ3) is 3.86. The number of nitrogens with zero attached hydrogens (tertiary/aromatic N) is 3. The average molecular weight is 523 g/mol. The van der Waals surface area contributed by atoms with Crippen LogP contribution in [-0.4, -0.2) is 41.5 Å². The lowest BCUT2D eigenvalue weighted by Crippen LogP contribution is -2.57. The Morgan fingerprint density at radius 3 is 2.61 bits per heavy atom. The van der Waals surface area contributed by atoms with E-state index in [9.17, 15) is 22.8 Å². The molecule has 0 radical (unpaired) electrons. The summed E-state index contributed by atoms with van der Waals surface area (Å²) in [7, 11) is 0. The number of hydrogen-bond acceptors (Lipinski definition) is 5. The van der Waals surface area contributed by atoms with Gasteiger partial charge in [-0.25, -0.2) is 4.98 Å². The number of halogens is 3. The maximum atomic E-state index is 13.2. The zero-order valence-electron chi connectivity index (χ0n) is 20.7. The second-order valence-electron chi connectivity index (χ2n) is 10.0. The number of anilines is 2. The summed E-state index contributed by atoms with van der Waals surface area (Å²) in [5, 5.41) is 2.66. The molecule has 1 N–H and O–H groups in total. The average Bonchev–Trinajstić information content (AvgIpc) is 3.28. The van der Waals surface area contributed by atoms with Gasteiger partial charge in [-0.2, -0.15) is 13.2 Å². The molecule has 3 aromatic rings. The highest BCUT2D eigenvalue weighted by Gasteiger charge is 2.60. The Labute approximate surface area is 217 Å². The molecule has 1 saturated carbocycles. The van der Waals surface area contributed by atoms with E-state index in [-0.39, 0.29) is 35.1 Å². The van der Waals surface area contributed by atoms with Crippen molar-refractivity contribution in [1.29, 1.82) is 0 Å². The number of aryl methyl sites for hydroxylation is 1. The number of benzene rings is 1. The van der Waals surface area contributed by atoms with E-state index in [1.165, 1.54) is 18.3 Å². The van der Waals surface area contributed by atoms with Crippen LogP contribution in [0.4, 0.5) is 24.7 Å². The lowest BCUT2D eigenvalue weighted by molar-refractivity contribution is -0.137. The van der Waals surface area contributed by atoms with Crippen molar-refractivity contribution in [3.05, 3.63) is 71.2 Å². The summed E-state index contributed by atoms with van der Waals surface area (Å²) < 4.78 is 45.0. The van der Waals surface area contributed by atoms with Gasteiger partial charge in [-0.05, 0) is 50.1 Å². The molecule has 2 fully saturated rings. The van der Waals surface area contributed by atoms with Gasteiger partial charge in [-0.1, -0.05) is 6.07 Å². The summed E-state index contributed by atoms with van der Waals surface area (Å²) in [5.74, 6) is 0.577. The number of hydrogen-bond donors (Lipinski definition) is 1. The number of aromatic nitrogens is 2. The fraction of sp³-hybridized carbons (Fsp3) is 0.357. The van der Waals surface area contributed by atoms with E-state index in [4.69, 9.17) is 4.74 Å². The summed E-state index contributed by atoms with van der Waals surface area (Å²) in [6, 6.07) is 8.06. The third-order valence-electron chi connectivity index (χ3n) is 7.97. The molecule has 10 heteroatoms. The van der Waals surface area contributed by atoms with Gasteiger partial charge in [0.1, 0.15) is 5.82 Å². The van der Waals surface area contributed by atoms with Crippen LogP contribution in [-0.2, 0) is 15.7 Å². The minimum atomic E-state index is -4.55. The topological polar surface area (TPSA) is 84.4 Å². The van der Waals surface area contributed by atoms with Crippen LogP contribution < -0.4 is 10.2 Å². The molecule has 2 aromatic heterocycles. The highest BCUT2D eigenvalue weighted by atomic mass is 19.4. The van der Waals surface area contributed by atoms with Crippen LogP contribution in [0, 0.1) is 24.7 Å². The van der Waals surface area contributed by atoms with E-state index in [1.54, 1.807) is 17.2 Å². The van der Waals surface area contributed by atoms with Gasteiger partial charge in [0.15, 0.2) is 0 Å². The lowest BCUT2D eigenvalue weighted by atomic mass is 9.54. The zero-order chi connectivity index (χ0) is 26.8. The van der Waals surface area contributed by atoms with Gasteiger partial charge in [0.05, 0.1) is 36.6 Å². The zero-order valence-corrected chi connectivity index (χ0v) is 20.7. The molecule has 1 aromatic carbocycles. The van der Waals surface area contributed by atoms with Crippen LogP contribution in [0.3, 0.4) is 0 Å². The molecule has 0 unspecified atom stereocenters. The number of ether oxygens (including phenoxy) is 1. The maximum Gasteiger partial charge on any atom is 0.416 e. The number of fused-ring (bicyclic) bond motifs is 6. The molecular formula is C28H25F3N4O3. The van der Waals surface area contributed by atoms with Crippen molar-refractivity contribution in [2.45, 2.75) is 25.9 Å². The minimum absolute atomic E-state index is 0.0531. The highest BCUT2D eigenvalue weighted by Crippen LogP contribution is 2.60. The first kappa shape index (κ1) is 24.5. The Morgan fingerprint density at radius 2 is 1.87 bits per heavy atom. The van der Waals surface area contributed by atoms with Crippen molar-refractivity contribution >= 4 is 23.3 Å². The largest absolute Gasteiger partial charge is 0.416 e. The van der Waals surface area contributed by atoms with Gasteiger partial charge < -0.3 is 10.1 Å². The molecule has 6 rings (SSSR count). The molecule has 1 aliphatic carbocycles. The van der Waals surface area contributed by atoms with Crippen molar-refractivity contribution in [2.75, 3.05) is 30.0 Å². The van der Waals surface area contributed by atoms with Gasteiger partial charge in [0.25, 0.3) is 5.91 Å². The van der Waals surface area contributed by atoms with E-state index in [0.29, 0.717) is 37.0 Å². The molecule has 196 valence electrons. The number of pyridine rings is 2. The second kappa shape index (κ2) is 8.90. The van der Waals surface area contributed by atoms with E-state index in [2.05, 4.69) is 15.3 Å². The number of carbonyl (C=O) groups excluding carboxylic acids is 2. The molecule has 0 spiro atoms. The van der Waals surface area contributed by atoms with Crippen LogP contribution in [0.15, 0.2) is 48.8 Å². The van der Waals surface area contributed by atoms with Crippen LogP contribution in [0.2, 0.25) is 0 Å². The van der Waals surface area contributed by atoms with Crippen LogP contribution in [0.5, 0.6) is 0 Å². The van der Waals surface area contributed by atoms with Gasteiger partial charge in [0.2, 0.25) is 5.91 Å². The maximum absolute atomic E-state index is 13.2. The lowest BCUT2D eigenvalue weighted by Gasteiger charge is -2.52. The molecule has 4 atom stereocenters. The number of nitrogens with one attached hydrogen (secondary N) is 1. The summed E-state index contributed by atoms with van der Waals surface area (Å²) in [6.07, 6.45) is -1.38. The number of carbonyl (C=O) groups is 2. The van der Waals surface area contributed by atoms with E-state index < -0.39 is 17.6 Å². The monoisotopic (exact) mass is 522 g/mol. The normalized spacial score (nSPS) is 23.8. The van der Waals surface area contributed by atoms with Crippen molar-refractivity contribution < 1.29 is 27.5 Å². The van der Waals surface area contributed by atoms with Gasteiger partial charge in [0, 0.05) is 52.5 Å². The smallest absolute Gasteiger partial charge is 0.381 e. The van der Waals surface area contributed by atoms with E-state index in [1.807, 2.05) is 19.9 Å². The Balaban J connectivity index is 1.32. The molecule has 3 aliphatic rings. The molecule has 4 heterocycles. The van der Waals surface area contributed by atoms with E-state index >= 15 is 0 Å². The van der Waals surface area contributed by atoms with Crippen LogP contribution >= 0.6 is 0 Å². The van der Waals surface area contributed by atoms with Crippen LogP contribution in [0.25, 0.3) is 11.1 Å². The van der Waals surface area contributed by atoms with E-state index in [0.717, 1.165) is 28.8 Å².